The van der Waals surface area contributed by atoms with Crippen molar-refractivity contribution in [2.45, 2.75) is 67.2 Å². The highest BCUT2D eigenvalue weighted by atomic mass is 14.3. The van der Waals surface area contributed by atoms with Crippen LogP contribution in [-0.4, -0.2) is 0 Å². The van der Waals surface area contributed by atoms with Crippen molar-refractivity contribution in [3.05, 3.63) is 23.3 Å². The third-order valence-electron chi connectivity index (χ3n) is 3.87. The van der Waals surface area contributed by atoms with Crippen LogP contribution in [0.3, 0.4) is 0 Å². The highest BCUT2D eigenvalue weighted by molar-refractivity contribution is 5.31. The third-order valence-corrected chi connectivity index (χ3v) is 3.87. The molecular formula is C15H28. The van der Waals surface area contributed by atoms with Gasteiger partial charge in [0.25, 0.3) is 0 Å². The number of allylic oxidation sites excluding steroid dienone is 3. The molecule has 0 amide bonds. The Hall–Kier alpha value is -0.520. The summed E-state index contributed by atoms with van der Waals surface area (Å²) in [5.74, 6) is 0. The van der Waals surface area contributed by atoms with Gasteiger partial charge in [0.05, 0.1) is 0 Å². The highest BCUT2D eigenvalue weighted by Crippen LogP contribution is 2.36. The predicted octanol–water partition coefficient (Wildman–Crippen LogP) is 5.51. The first-order chi connectivity index (χ1) is 6.90. The van der Waals surface area contributed by atoms with Crippen molar-refractivity contribution in [3.8, 4) is 0 Å². The summed E-state index contributed by atoms with van der Waals surface area (Å²) >= 11 is 0. The lowest BCUT2D eigenvalue weighted by atomic mass is 9.76. The zero-order valence-electron chi connectivity index (χ0n) is 11.5. The van der Waals surface area contributed by atoms with Gasteiger partial charge in [-0.25, -0.2) is 0 Å². The molecule has 0 heteroatoms. The standard InChI is InChI=1S/C15H28/c1-8-13(6)14(12(4)5)11-15(7,9-2)10-3/h4,8-11H2,1-3,5-7H3. The maximum Gasteiger partial charge on any atom is -0.0223 e. The van der Waals surface area contributed by atoms with E-state index in [2.05, 4.69) is 48.1 Å². The zero-order valence-corrected chi connectivity index (χ0v) is 11.5. The summed E-state index contributed by atoms with van der Waals surface area (Å²) in [4.78, 5) is 0. The monoisotopic (exact) mass is 208 g/mol. The second-order valence-corrected chi connectivity index (χ2v) is 5.09. The van der Waals surface area contributed by atoms with Crippen molar-refractivity contribution in [1.82, 2.24) is 0 Å². The fourth-order valence-electron chi connectivity index (χ4n) is 1.81. The average molecular weight is 208 g/mol. The van der Waals surface area contributed by atoms with Crippen LogP contribution in [-0.2, 0) is 0 Å². The van der Waals surface area contributed by atoms with Gasteiger partial charge in [0.2, 0.25) is 0 Å². The Labute approximate surface area is 96.5 Å². The van der Waals surface area contributed by atoms with E-state index in [-0.39, 0.29) is 0 Å². The normalized spacial score (nSPS) is 13.7. The SMILES string of the molecule is C=C(C)C(CC(C)(CC)CC)=C(C)CC. The van der Waals surface area contributed by atoms with Crippen molar-refractivity contribution in [2.75, 3.05) is 0 Å². The predicted molar refractivity (Wildman–Crippen MR) is 71.1 cm³/mol. The molecule has 0 saturated heterocycles. The first-order valence-electron chi connectivity index (χ1n) is 6.24. The molecule has 0 fully saturated rings. The van der Waals surface area contributed by atoms with E-state index < -0.39 is 0 Å². The van der Waals surface area contributed by atoms with E-state index in [9.17, 15) is 0 Å². The molecule has 0 aromatic heterocycles. The summed E-state index contributed by atoms with van der Waals surface area (Å²) in [5.41, 5.74) is 4.71. The van der Waals surface area contributed by atoms with Crippen molar-refractivity contribution < 1.29 is 0 Å². The zero-order chi connectivity index (χ0) is 12.1. The van der Waals surface area contributed by atoms with E-state index in [1.807, 2.05) is 0 Å². The van der Waals surface area contributed by atoms with Crippen LogP contribution >= 0.6 is 0 Å². The minimum atomic E-state index is 0.449. The van der Waals surface area contributed by atoms with Gasteiger partial charge in [-0.3, -0.25) is 0 Å². The molecule has 0 radical (unpaired) electrons. The van der Waals surface area contributed by atoms with Crippen LogP contribution in [0.15, 0.2) is 23.3 Å². The summed E-state index contributed by atoms with van der Waals surface area (Å²) in [7, 11) is 0. The Morgan fingerprint density at radius 3 is 1.80 bits per heavy atom. The first kappa shape index (κ1) is 14.5. The van der Waals surface area contributed by atoms with Crippen molar-refractivity contribution in [3.63, 3.8) is 0 Å². The van der Waals surface area contributed by atoms with Gasteiger partial charge in [-0.2, -0.15) is 0 Å². The summed E-state index contributed by atoms with van der Waals surface area (Å²) in [6.07, 6.45) is 4.83. The molecule has 88 valence electrons. The third kappa shape index (κ3) is 4.24. The molecular weight excluding hydrogens is 180 g/mol. The summed E-state index contributed by atoms with van der Waals surface area (Å²) in [5, 5.41) is 0. The quantitative estimate of drug-likeness (QED) is 0.505. The van der Waals surface area contributed by atoms with E-state index >= 15 is 0 Å². The molecule has 0 aliphatic rings. The highest BCUT2D eigenvalue weighted by Gasteiger charge is 2.22. The van der Waals surface area contributed by atoms with Gasteiger partial charge < -0.3 is 0 Å². The summed E-state index contributed by atoms with van der Waals surface area (Å²) < 4.78 is 0. The van der Waals surface area contributed by atoms with E-state index in [1.165, 1.54) is 36.0 Å². The molecule has 0 rings (SSSR count). The molecule has 0 nitrogen and oxygen atoms in total. The van der Waals surface area contributed by atoms with Crippen LogP contribution in [0.25, 0.3) is 0 Å². The lowest BCUT2D eigenvalue weighted by Crippen LogP contribution is -2.15. The minimum absolute atomic E-state index is 0.449. The van der Waals surface area contributed by atoms with E-state index in [0.29, 0.717) is 5.41 Å². The minimum Gasteiger partial charge on any atom is -0.0958 e. The molecule has 0 bridgehead atoms. The number of rotatable bonds is 6. The Kier molecular flexibility index (Phi) is 5.93. The van der Waals surface area contributed by atoms with Crippen LogP contribution in [0.2, 0.25) is 0 Å². The smallest absolute Gasteiger partial charge is 0.0223 e. The van der Waals surface area contributed by atoms with Crippen LogP contribution in [0.5, 0.6) is 0 Å². The molecule has 0 spiro atoms. The van der Waals surface area contributed by atoms with Crippen LogP contribution in [0, 0.1) is 5.41 Å². The van der Waals surface area contributed by atoms with Crippen molar-refractivity contribution in [1.29, 1.82) is 0 Å². The Bertz CT molecular complexity index is 239. The summed E-state index contributed by atoms with van der Waals surface area (Å²) in [6, 6.07) is 0. The topological polar surface area (TPSA) is 0 Å². The Morgan fingerprint density at radius 2 is 1.53 bits per heavy atom. The van der Waals surface area contributed by atoms with Gasteiger partial charge in [-0.15, -0.1) is 0 Å². The second-order valence-electron chi connectivity index (χ2n) is 5.09. The molecule has 0 aromatic rings. The molecule has 0 aliphatic heterocycles. The fourth-order valence-corrected chi connectivity index (χ4v) is 1.81. The molecule has 0 saturated carbocycles. The van der Waals surface area contributed by atoms with Crippen LogP contribution < -0.4 is 0 Å². The molecule has 0 heterocycles. The van der Waals surface area contributed by atoms with Gasteiger partial charge in [-0.1, -0.05) is 58.3 Å². The van der Waals surface area contributed by atoms with Gasteiger partial charge in [-0.05, 0) is 37.7 Å². The molecule has 0 unspecified atom stereocenters. The molecule has 0 N–H and O–H groups in total. The molecule has 15 heavy (non-hydrogen) atoms. The van der Waals surface area contributed by atoms with Gasteiger partial charge >= 0.3 is 0 Å². The van der Waals surface area contributed by atoms with E-state index in [4.69, 9.17) is 0 Å². The maximum atomic E-state index is 4.12. The van der Waals surface area contributed by atoms with E-state index in [1.54, 1.807) is 0 Å². The average Bonchev–Trinajstić information content (AvgIpc) is 2.24. The molecule has 0 aromatic carbocycles. The lowest BCUT2D eigenvalue weighted by molar-refractivity contribution is 0.295. The van der Waals surface area contributed by atoms with Crippen LogP contribution in [0.4, 0.5) is 0 Å². The van der Waals surface area contributed by atoms with Crippen molar-refractivity contribution >= 4 is 0 Å². The fraction of sp³-hybridized carbons (Fsp3) is 0.733. The Morgan fingerprint density at radius 1 is 1.07 bits per heavy atom. The van der Waals surface area contributed by atoms with Gasteiger partial charge in [0.1, 0.15) is 0 Å². The second kappa shape index (κ2) is 6.15. The molecule has 0 atom stereocenters. The number of hydrogen-bond donors (Lipinski definition) is 0. The van der Waals surface area contributed by atoms with Gasteiger partial charge in [0, 0.05) is 0 Å². The molecule has 0 aliphatic carbocycles. The number of hydrogen-bond acceptors (Lipinski definition) is 0. The maximum absolute atomic E-state index is 4.12. The van der Waals surface area contributed by atoms with Gasteiger partial charge in [0.15, 0.2) is 0 Å². The largest absolute Gasteiger partial charge is 0.0958 e. The summed E-state index contributed by atoms with van der Waals surface area (Å²) in [6.45, 7) is 17.7. The first-order valence-corrected chi connectivity index (χ1v) is 6.24. The van der Waals surface area contributed by atoms with Crippen LogP contribution in [0.1, 0.15) is 67.2 Å². The van der Waals surface area contributed by atoms with E-state index in [0.717, 1.165) is 6.42 Å². The lowest BCUT2D eigenvalue weighted by Gasteiger charge is -2.29. The van der Waals surface area contributed by atoms with Crippen molar-refractivity contribution in [2.24, 2.45) is 5.41 Å². The Balaban J connectivity index is 4.93.